The van der Waals surface area contributed by atoms with Crippen LogP contribution in [0, 0.1) is 18.8 Å². The van der Waals surface area contributed by atoms with Crippen LogP contribution >= 0.6 is 0 Å². The van der Waals surface area contributed by atoms with Crippen molar-refractivity contribution in [2.75, 3.05) is 13.1 Å². The fourth-order valence-corrected chi connectivity index (χ4v) is 2.92. The van der Waals surface area contributed by atoms with Crippen LogP contribution < -0.4 is 10.1 Å². The van der Waals surface area contributed by atoms with Gasteiger partial charge < -0.3 is 10.1 Å². The zero-order valence-corrected chi connectivity index (χ0v) is 13.4. The molecule has 0 aromatic heterocycles. The molecule has 0 saturated heterocycles. The molecule has 1 aliphatic rings. The van der Waals surface area contributed by atoms with Crippen molar-refractivity contribution in [3.05, 3.63) is 29.3 Å². The minimum absolute atomic E-state index is 0.373. The summed E-state index contributed by atoms with van der Waals surface area (Å²) in [6.45, 7) is 11.2. The van der Waals surface area contributed by atoms with Gasteiger partial charge in [-0.25, -0.2) is 0 Å². The predicted molar refractivity (Wildman–Crippen MR) is 85.4 cm³/mol. The molecule has 1 heterocycles. The van der Waals surface area contributed by atoms with Gasteiger partial charge in [-0.05, 0) is 49.9 Å². The number of hydrogen-bond donors (Lipinski definition) is 1. The number of hydrogen-bond acceptors (Lipinski definition) is 2. The lowest BCUT2D eigenvalue weighted by atomic mass is 9.95. The first-order chi connectivity index (χ1) is 9.58. The van der Waals surface area contributed by atoms with Crippen LogP contribution in [-0.4, -0.2) is 19.2 Å². The number of nitrogens with one attached hydrogen (secondary N) is 1. The lowest BCUT2D eigenvalue weighted by molar-refractivity contribution is 0.189. The van der Waals surface area contributed by atoms with Crippen LogP contribution in [0.2, 0.25) is 0 Å². The fourth-order valence-electron chi connectivity index (χ4n) is 2.92. The molecule has 20 heavy (non-hydrogen) atoms. The molecule has 2 atom stereocenters. The van der Waals surface area contributed by atoms with Gasteiger partial charge >= 0.3 is 0 Å². The minimum Gasteiger partial charge on any atom is -0.490 e. The van der Waals surface area contributed by atoms with Gasteiger partial charge in [-0.2, -0.15) is 0 Å². The highest BCUT2D eigenvalue weighted by Crippen LogP contribution is 2.32. The minimum atomic E-state index is 0.373. The maximum absolute atomic E-state index is 6.09. The second kappa shape index (κ2) is 7.12. The third-order valence-corrected chi connectivity index (χ3v) is 4.12. The summed E-state index contributed by atoms with van der Waals surface area (Å²) >= 11 is 0. The number of ether oxygens (including phenoxy) is 1. The summed E-state index contributed by atoms with van der Waals surface area (Å²) in [4.78, 5) is 0. The molecule has 2 rings (SSSR count). The van der Waals surface area contributed by atoms with Gasteiger partial charge in [0.1, 0.15) is 11.9 Å². The Morgan fingerprint density at radius 1 is 1.30 bits per heavy atom. The molecule has 1 aromatic carbocycles. The van der Waals surface area contributed by atoms with E-state index in [0.29, 0.717) is 12.0 Å². The van der Waals surface area contributed by atoms with Crippen LogP contribution in [-0.2, 0) is 6.42 Å². The largest absolute Gasteiger partial charge is 0.490 e. The topological polar surface area (TPSA) is 21.3 Å². The smallest absolute Gasteiger partial charge is 0.123 e. The highest BCUT2D eigenvalue weighted by Gasteiger charge is 2.25. The van der Waals surface area contributed by atoms with Crippen molar-refractivity contribution in [1.82, 2.24) is 5.32 Å². The van der Waals surface area contributed by atoms with Gasteiger partial charge in [0.25, 0.3) is 0 Å². The third kappa shape index (κ3) is 4.24. The molecule has 2 nitrogen and oxygen atoms in total. The zero-order chi connectivity index (χ0) is 14.5. The van der Waals surface area contributed by atoms with Crippen LogP contribution in [0.5, 0.6) is 5.75 Å². The molecule has 0 radical (unpaired) electrons. The normalized spacial score (nSPS) is 18.9. The number of benzene rings is 1. The Balaban J connectivity index is 1.82. The van der Waals surface area contributed by atoms with E-state index in [1.165, 1.54) is 17.5 Å². The molecule has 2 heteroatoms. The Morgan fingerprint density at radius 2 is 2.10 bits per heavy atom. The van der Waals surface area contributed by atoms with E-state index in [1.807, 2.05) is 0 Å². The van der Waals surface area contributed by atoms with E-state index in [2.05, 4.69) is 51.2 Å². The molecule has 0 fully saturated rings. The van der Waals surface area contributed by atoms with Crippen molar-refractivity contribution in [1.29, 1.82) is 0 Å². The van der Waals surface area contributed by atoms with E-state index >= 15 is 0 Å². The zero-order valence-electron chi connectivity index (χ0n) is 13.4. The van der Waals surface area contributed by atoms with Crippen molar-refractivity contribution >= 4 is 0 Å². The van der Waals surface area contributed by atoms with Crippen molar-refractivity contribution in [2.45, 2.75) is 53.1 Å². The predicted octanol–water partition coefficient (Wildman–Crippen LogP) is 3.96. The monoisotopic (exact) mass is 275 g/mol. The molecule has 1 aromatic rings. The molecule has 0 bridgehead atoms. The molecular weight excluding hydrogens is 246 g/mol. The van der Waals surface area contributed by atoms with Crippen molar-refractivity contribution < 1.29 is 4.74 Å². The van der Waals surface area contributed by atoms with E-state index in [9.17, 15) is 0 Å². The van der Waals surface area contributed by atoms with Crippen LogP contribution in [0.3, 0.4) is 0 Å². The van der Waals surface area contributed by atoms with Gasteiger partial charge in [0.15, 0.2) is 0 Å². The summed E-state index contributed by atoms with van der Waals surface area (Å²) in [5, 5.41) is 3.58. The van der Waals surface area contributed by atoms with Crippen molar-refractivity contribution in [3.8, 4) is 5.75 Å². The van der Waals surface area contributed by atoms with Crippen LogP contribution in [0.25, 0.3) is 0 Å². The highest BCUT2D eigenvalue weighted by atomic mass is 16.5. The third-order valence-electron chi connectivity index (χ3n) is 4.12. The molecule has 1 aliphatic heterocycles. The number of aryl methyl sites for hydroxylation is 1. The number of rotatable bonds is 7. The molecular formula is C18H29NO. The molecule has 0 saturated carbocycles. The Morgan fingerprint density at radius 3 is 2.80 bits per heavy atom. The Hall–Kier alpha value is -1.02. The van der Waals surface area contributed by atoms with E-state index in [0.717, 1.165) is 37.6 Å². The Kier molecular flexibility index (Phi) is 5.47. The van der Waals surface area contributed by atoms with Gasteiger partial charge in [-0.15, -0.1) is 0 Å². The van der Waals surface area contributed by atoms with E-state index in [4.69, 9.17) is 4.74 Å². The van der Waals surface area contributed by atoms with Gasteiger partial charge in [-0.1, -0.05) is 44.9 Å². The second-order valence-corrected chi connectivity index (χ2v) is 6.62. The molecule has 0 spiro atoms. The first-order valence-electron chi connectivity index (χ1n) is 8.05. The molecule has 0 amide bonds. The summed E-state index contributed by atoms with van der Waals surface area (Å²) in [5.41, 5.74) is 2.72. The van der Waals surface area contributed by atoms with E-state index in [1.54, 1.807) is 0 Å². The average molecular weight is 275 g/mol. The van der Waals surface area contributed by atoms with Gasteiger partial charge in [0.2, 0.25) is 0 Å². The maximum Gasteiger partial charge on any atom is 0.123 e. The first kappa shape index (κ1) is 15.4. The summed E-state index contributed by atoms with van der Waals surface area (Å²) in [7, 11) is 0. The van der Waals surface area contributed by atoms with Crippen molar-refractivity contribution in [3.63, 3.8) is 0 Å². The summed E-state index contributed by atoms with van der Waals surface area (Å²) in [6, 6.07) is 6.54. The highest BCUT2D eigenvalue weighted by molar-refractivity contribution is 5.40. The lowest BCUT2D eigenvalue weighted by Crippen LogP contribution is -2.29. The standard InChI is InChI=1S/C18H29NO/c1-5-15(12-19-11-13(2)3)9-17-10-16-8-14(4)6-7-18(16)20-17/h6-8,13,15,17,19H,5,9-12H2,1-4H3. The fraction of sp³-hybridized carbons (Fsp3) is 0.667. The molecule has 112 valence electrons. The summed E-state index contributed by atoms with van der Waals surface area (Å²) < 4.78 is 6.09. The summed E-state index contributed by atoms with van der Waals surface area (Å²) in [5.74, 6) is 2.54. The molecule has 2 unspecified atom stereocenters. The number of fused-ring (bicyclic) bond motifs is 1. The first-order valence-corrected chi connectivity index (χ1v) is 8.05. The van der Waals surface area contributed by atoms with E-state index in [-0.39, 0.29) is 0 Å². The van der Waals surface area contributed by atoms with Gasteiger partial charge in [0, 0.05) is 6.42 Å². The molecule has 0 aliphatic carbocycles. The maximum atomic E-state index is 6.09. The van der Waals surface area contributed by atoms with Gasteiger partial charge in [0.05, 0.1) is 0 Å². The van der Waals surface area contributed by atoms with Crippen LogP contribution in [0.1, 0.15) is 44.7 Å². The molecule has 1 N–H and O–H groups in total. The van der Waals surface area contributed by atoms with Gasteiger partial charge in [-0.3, -0.25) is 0 Å². The Bertz CT molecular complexity index is 427. The van der Waals surface area contributed by atoms with Crippen LogP contribution in [0.4, 0.5) is 0 Å². The van der Waals surface area contributed by atoms with Crippen LogP contribution in [0.15, 0.2) is 18.2 Å². The summed E-state index contributed by atoms with van der Waals surface area (Å²) in [6.07, 6.45) is 3.84. The van der Waals surface area contributed by atoms with Crippen molar-refractivity contribution in [2.24, 2.45) is 11.8 Å². The second-order valence-electron chi connectivity index (χ2n) is 6.62. The average Bonchev–Trinajstić information content (AvgIpc) is 2.78. The quantitative estimate of drug-likeness (QED) is 0.813. The lowest BCUT2D eigenvalue weighted by Gasteiger charge is -2.20. The van der Waals surface area contributed by atoms with E-state index < -0.39 is 0 Å². The Labute approximate surface area is 123 Å². The SMILES string of the molecule is CCC(CNCC(C)C)CC1Cc2cc(C)ccc2O1.